The van der Waals surface area contributed by atoms with Crippen LogP contribution in [0, 0.1) is 0 Å². The first-order valence-corrected chi connectivity index (χ1v) is 5.10. The Bertz CT molecular complexity index is 89.3. The van der Waals surface area contributed by atoms with Gasteiger partial charge < -0.3 is 0 Å². The first-order chi connectivity index (χ1) is 4.48. The molecule has 0 aliphatic heterocycles. The van der Waals surface area contributed by atoms with E-state index in [0.29, 0.717) is 4.83 Å². The van der Waals surface area contributed by atoms with Crippen molar-refractivity contribution in [3.05, 3.63) is 0 Å². The lowest BCUT2D eigenvalue weighted by Gasteiger charge is -2.19. The number of rotatable bonds is 4. The summed E-state index contributed by atoms with van der Waals surface area (Å²) in [6, 6.07) is 0. The maximum Gasteiger partial charge on any atom is 0.0416 e. The van der Waals surface area contributed by atoms with E-state index in [2.05, 4.69) is 36.7 Å². The van der Waals surface area contributed by atoms with Crippen LogP contribution in [0.2, 0.25) is 0 Å². The van der Waals surface area contributed by atoms with Gasteiger partial charge in [0.05, 0.1) is 0 Å². The number of hydrogen-bond acceptors (Lipinski definition) is 0. The molecule has 0 aromatic heterocycles. The zero-order valence-corrected chi connectivity index (χ0v) is 9.30. The van der Waals surface area contributed by atoms with Crippen LogP contribution in [-0.4, -0.2) is 9.70 Å². The largest absolute Gasteiger partial charge is 0.120 e. The summed E-state index contributed by atoms with van der Waals surface area (Å²) in [4.78, 5) is 0.610. The molecule has 0 radical (unpaired) electrons. The van der Waals surface area contributed by atoms with E-state index in [9.17, 15) is 0 Å². The molecule has 0 rings (SSSR count). The van der Waals surface area contributed by atoms with Crippen LogP contribution in [0.15, 0.2) is 0 Å². The zero-order valence-electron chi connectivity index (χ0n) is 6.95. The normalized spacial score (nSPS) is 20.1. The van der Waals surface area contributed by atoms with Crippen LogP contribution < -0.4 is 0 Å². The molecule has 0 bridgehead atoms. The molecule has 0 fully saturated rings. The number of alkyl halides is 2. The van der Waals surface area contributed by atoms with E-state index in [1.54, 1.807) is 0 Å². The van der Waals surface area contributed by atoms with Gasteiger partial charge in [-0.3, -0.25) is 0 Å². The summed E-state index contributed by atoms with van der Waals surface area (Å²) < 4.78 is 0. The van der Waals surface area contributed by atoms with Crippen molar-refractivity contribution in [2.45, 2.75) is 49.7 Å². The molecule has 10 heavy (non-hydrogen) atoms. The quantitative estimate of drug-likeness (QED) is 0.638. The highest BCUT2D eigenvalue weighted by Crippen LogP contribution is 2.26. The standard InChI is InChI=1S/C8H16BrCl/c1-4-8(3,10)6-5-7(2)9/h7H,4-6H2,1-3H3. The van der Waals surface area contributed by atoms with Crippen LogP contribution in [0.3, 0.4) is 0 Å². The predicted octanol–water partition coefficient (Wildman–Crippen LogP) is 3.96. The minimum atomic E-state index is 0.0159. The molecule has 0 aliphatic carbocycles. The fourth-order valence-corrected chi connectivity index (χ4v) is 1.01. The molecule has 62 valence electrons. The van der Waals surface area contributed by atoms with Crippen LogP contribution in [0.1, 0.15) is 40.0 Å². The third-order valence-corrected chi connectivity index (χ3v) is 2.71. The molecule has 0 saturated carbocycles. The van der Waals surface area contributed by atoms with Crippen molar-refractivity contribution in [1.82, 2.24) is 0 Å². The Kier molecular flexibility index (Phi) is 4.96. The summed E-state index contributed by atoms with van der Waals surface area (Å²) >= 11 is 9.64. The predicted molar refractivity (Wildman–Crippen MR) is 52.2 cm³/mol. The first-order valence-electron chi connectivity index (χ1n) is 3.81. The highest BCUT2D eigenvalue weighted by molar-refractivity contribution is 9.09. The highest BCUT2D eigenvalue weighted by Gasteiger charge is 2.17. The van der Waals surface area contributed by atoms with Gasteiger partial charge >= 0.3 is 0 Å². The van der Waals surface area contributed by atoms with Gasteiger partial charge in [-0.1, -0.05) is 29.8 Å². The average Bonchev–Trinajstić information content (AvgIpc) is 1.85. The Balaban J connectivity index is 3.46. The lowest BCUT2D eigenvalue weighted by atomic mass is 10.0. The second-order valence-electron chi connectivity index (χ2n) is 3.09. The third kappa shape index (κ3) is 5.55. The lowest BCUT2D eigenvalue weighted by molar-refractivity contribution is 0.534. The lowest BCUT2D eigenvalue weighted by Crippen LogP contribution is -2.15. The maximum atomic E-state index is 6.14. The molecule has 0 spiro atoms. The van der Waals surface area contributed by atoms with E-state index in [4.69, 9.17) is 11.6 Å². The second kappa shape index (κ2) is 4.61. The summed E-state index contributed by atoms with van der Waals surface area (Å²) in [5.41, 5.74) is 0. The Labute approximate surface area is 77.5 Å². The molecule has 0 aromatic carbocycles. The van der Waals surface area contributed by atoms with Crippen LogP contribution in [0.25, 0.3) is 0 Å². The molecular weight excluding hydrogens is 211 g/mol. The Morgan fingerprint density at radius 2 is 2.10 bits per heavy atom. The van der Waals surface area contributed by atoms with E-state index in [-0.39, 0.29) is 4.87 Å². The van der Waals surface area contributed by atoms with Crippen molar-refractivity contribution < 1.29 is 0 Å². The van der Waals surface area contributed by atoms with Crippen molar-refractivity contribution >= 4 is 27.5 Å². The van der Waals surface area contributed by atoms with E-state index in [1.165, 1.54) is 0 Å². The number of halogens is 2. The molecule has 0 amide bonds. The van der Waals surface area contributed by atoms with Gasteiger partial charge in [0.2, 0.25) is 0 Å². The van der Waals surface area contributed by atoms with Gasteiger partial charge in [-0.2, -0.15) is 0 Å². The Morgan fingerprint density at radius 3 is 2.40 bits per heavy atom. The molecule has 0 saturated heterocycles. The monoisotopic (exact) mass is 226 g/mol. The minimum Gasteiger partial charge on any atom is -0.120 e. The van der Waals surface area contributed by atoms with Crippen molar-refractivity contribution in [1.29, 1.82) is 0 Å². The summed E-state index contributed by atoms with van der Waals surface area (Å²) in [7, 11) is 0. The van der Waals surface area contributed by atoms with Crippen molar-refractivity contribution in [2.24, 2.45) is 0 Å². The second-order valence-corrected chi connectivity index (χ2v) is 5.56. The molecule has 2 heteroatoms. The van der Waals surface area contributed by atoms with Crippen LogP contribution in [0.5, 0.6) is 0 Å². The maximum absolute atomic E-state index is 6.14. The Hall–Kier alpha value is 0.770. The fourth-order valence-electron chi connectivity index (χ4n) is 0.677. The van der Waals surface area contributed by atoms with E-state index in [1.807, 2.05) is 0 Å². The Morgan fingerprint density at radius 1 is 1.60 bits per heavy atom. The fraction of sp³-hybridized carbons (Fsp3) is 1.00. The molecular formula is C8H16BrCl. The van der Waals surface area contributed by atoms with Crippen LogP contribution in [0.4, 0.5) is 0 Å². The van der Waals surface area contributed by atoms with E-state index in [0.717, 1.165) is 19.3 Å². The summed E-state index contributed by atoms with van der Waals surface area (Å²) in [6.45, 7) is 6.39. The smallest absolute Gasteiger partial charge is 0.0416 e. The van der Waals surface area contributed by atoms with Gasteiger partial charge in [0.25, 0.3) is 0 Å². The molecule has 0 heterocycles. The van der Waals surface area contributed by atoms with Crippen molar-refractivity contribution in [2.75, 3.05) is 0 Å². The van der Waals surface area contributed by atoms with Gasteiger partial charge in [0.1, 0.15) is 0 Å². The molecule has 0 aliphatic rings. The minimum absolute atomic E-state index is 0.0159. The molecule has 0 aromatic rings. The molecule has 0 nitrogen and oxygen atoms in total. The summed E-state index contributed by atoms with van der Waals surface area (Å²) in [6.07, 6.45) is 3.31. The van der Waals surface area contributed by atoms with Crippen molar-refractivity contribution in [3.8, 4) is 0 Å². The summed E-state index contributed by atoms with van der Waals surface area (Å²) in [5, 5.41) is 0. The highest BCUT2D eigenvalue weighted by atomic mass is 79.9. The molecule has 2 unspecified atom stereocenters. The van der Waals surface area contributed by atoms with Gasteiger partial charge in [0, 0.05) is 9.70 Å². The van der Waals surface area contributed by atoms with Crippen molar-refractivity contribution in [3.63, 3.8) is 0 Å². The molecule has 0 N–H and O–H groups in total. The number of hydrogen-bond donors (Lipinski definition) is 0. The first kappa shape index (κ1) is 10.8. The molecule has 2 atom stereocenters. The van der Waals surface area contributed by atoms with Gasteiger partial charge in [-0.15, -0.1) is 11.6 Å². The summed E-state index contributed by atoms with van der Waals surface area (Å²) in [5.74, 6) is 0. The van der Waals surface area contributed by atoms with E-state index >= 15 is 0 Å². The van der Waals surface area contributed by atoms with Gasteiger partial charge in [-0.25, -0.2) is 0 Å². The van der Waals surface area contributed by atoms with Gasteiger partial charge in [-0.05, 0) is 26.2 Å². The van der Waals surface area contributed by atoms with Crippen LogP contribution in [-0.2, 0) is 0 Å². The van der Waals surface area contributed by atoms with Crippen LogP contribution >= 0.6 is 27.5 Å². The van der Waals surface area contributed by atoms with Gasteiger partial charge in [0.15, 0.2) is 0 Å². The topological polar surface area (TPSA) is 0 Å². The zero-order chi connectivity index (χ0) is 8.20. The third-order valence-electron chi connectivity index (χ3n) is 1.80. The SMILES string of the molecule is CCC(C)(Cl)CCC(C)Br. The average molecular weight is 228 g/mol. The van der Waals surface area contributed by atoms with E-state index < -0.39 is 0 Å².